The van der Waals surface area contributed by atoms with Crippen LogP contribution in [-0.2, 0) is 19.5 Å². The van der Waals surface area contributed by atoms with Gasteiger partial charge in [-0.05, 0) is 48.2 Å². The van der Waals surface area contributed by atoms with Gasteiger partial charge in [-0.1, -0.05) is 18.2 Å². The van der Waals surface area contributed by atoms with Crippen LogP contribution in [0.15, 0.2) is 41.8 Å². The van der Waals surface area contributed by atoms with Gasteiger partial charge in [-0.2, -0.15) is 0 Å². The first kappa shape index (κ1) is 20.4. The number of hydrogen-bond acceptors (Lipinski definition) is 6. The second kappa shape index (κ2) is 8.85. The van der Waals surface area contributed by atoms with E-state index in [0.717, 1.165) is 48.8 Å². The fraction of sp³-hybridized carbons (Fsp3) is 0.304. The molecule has 0 saturated heterocycles. The lowest BCUT2D eigenvalue weighted by Gasteiger charge is -2.29. The molecule has 0 spiro atoms. The van der Waals surface area contributed by atoms with Gasteiger partial charge >= 0.3 is 0 Å². The third kappa shape index (κ3) is 4.32. The number of amides is 1. The maximum Gasteiger partial charge on any atom is 0.257 e. The molecule has 0 radical (unpaired) electrons. The standard InChI is InChI=1S/C23H25N3O3S/c1-15-6-4-5-7-19(15)22(27)25-23-24-18(14-30-23)13-26-9-8-16-10-20(28-2)21(29-3)11-17(16)12-26/h4-7,10-11,14H,8-9,12-13H2,1-3H3,(H,24,25,27). The molecule has 6 nitrogen and oxygen atoms in total. The van der Waals surface area contributed by atoms with Crippen LogP contribution in [0.5, 0.6) is 11.5 Å². The number of anilines is 1. The van der Waals surface area contributed by atoms with Gasteiger partial charge in [0.25, 0.3) is 5.91 Å². The Bertz CT molecular complexity index is 1060. The van der Waals surface area contributed by atoms with Crippen molar-refractivity contribution in [1.29, 1.82) is 0 Å². The van der Waals surface area contributed by atoms with Crippen LogP contribution in [0.3, 0.4) is 0 Å². The number of ether oxygens (including phenoxy) is 2. The lowest BCUT2D eigenvalue weighted by molar-refractivity contribution is 0.102. The number of carbonyl (C=O) groups excluding carboxylic acids is 1. The van der Waals surface area contributed by atoms with Gasteiger partial charge in [0.2, 0.25) is 0 Å². The van der Waals surface area contributed by atoms with Gasteiger partial charge < -0.3 is 9.47 Å². The van der Waals surface area contributed by atoms with E-state index < -0.39 is 0 Å². The SMILES string of the molecule is COc1cc2c(cc1OC)CN(Cc1csc(NC(=O)c3ccccc3C)n1)CC2. The second-order valence-electron chi connectivity index (χ2n) is 7.35. The Morgan fingerprint density at radius 3 is 2.63 bits per heavy atom. The molecule has 30 heavy (non-hydrogen) atoms. The third-order valence-corrected chi connectivity index (χ3v) is 6.15. The minimum Gasteiger partial charge on any atom is -0.493 e. The zero-order chi connectivity index (χ0) is 21.1. The van der Waals surface area contributed by atoms with Crippen molar-refractivity contribution in [2.24, 2.45) is 0 Å². The van der Waals surface area contributed by atoms with Crippen LogP contribution in [0.25, 0.3) is 0 Å². The molecule has 0 bridgehead atoms. The Kier molecular flexibility index (Phi) is 6.01. The molecule has 2 aromatic carbocycles. The van der Waals surface area contributed by atoms with Crippen molar-refractivity contribution in [3.05, 3.63) is 69.7 Å². The van der Waals surface area contributed by atoms with Gasteiger partial charge in [-0.3, -0.25) is 15.0 Å². The minimum absolute atomic E-state index is 0.123. The highest BCUT2D eigenvalue weighted by molar-refractivity contribution is 7.14. The highest BCUT2D eigenvalue weighted by Gasteiger charge is 2.20. The first-order valence-corrected chi connectivity index (χ1v) is 10.7. The first-order valence-electron chi connectivity index (χ1n) is 9.85. The molecule has 1 aromatic heterocycles. The van der Waals surface area contributed by atoms with Crippen molar-refractivity contribution in [2.75, 3.05) is 26.1 Å². The average molecular weight is 424 g/mol. The Hall–Kier alpha value is -2.90. The van der Waals surface area contributed by atoms with E-state index >= 15 is 0 Å². The van der Waals surface area contributed by atoms with Crippen LogP contribution in [-0.4, -0.2) is 36.6 Å². The van der Waals surface area contributed by atoms with Crippen LogP contribution in [0, 0.1) is 6.92 Å². The van der Waals surface area contributed by atoms with Gasteiger partial charge in [-0.15, -0.1) is 11.3 Å². The largest absolute Gasteiger partial charge is 0.493 e. The van der Waals surface area contributed by atoms with Gasteiger partial charge in [-0.25, -0.2) is 4.98 Å². The van der Waals surface area contributed by atoms with Crippen LogP contribution in [0.1, 0.15) is 32.7 Å². The van der Waals surface area contributed by atoms with Gasteiger partial charge in [0.15, 0.2) is 16.6 Å². The number of hydrogen-bond donors (Lipinski definition) is 1. The van der Waals surface area contributed by atoms with E-state index in [1.807, 2.05) is 36.6 Å². The molecule has 1 aliphatic heterocycles. The van der Waals surface area contributed by atoms with Crippen LogP contribution >= 0.6 is 11.3 Å². The number of thiazole rings is 1. The highest BCUT2D eigenvalue weighted by atomic mass is 32.1. The third-order valence-electron chi connectivity index (χ3n) is 5.34. The molecule has 3 aromatic rings. The van der Waals surface area contributed by atoms with E-state index in [1.165, 1.54) is 22.5 Å². The van der Waals surface area contributed by atoms with Crippen molar-refractivity contribution in [1.82, 2.24) is 9.88 Å². The first-order chi connectivity index (χ1) is 14.6. The summed E-state index contributed by atoms with van der Waals surface area (Å²) in [6, 6.07) is 11.7. The van der Waals surface area contributed by atoms with Crippen LogP contribution in [0.2, 0.25) is 0 Å². The molecule has 1 aliphatic rings. The fourth-order valence-electron chi connectivity index (χ4n) is 3.73. The van der Waals surface area contributed by atoms with Crippen LogP contribution in [0.4, 0.5) is 5.13 Å². The average Bonchev–Trinajstić information content (AvgIpc) is 3.19. The monoisotopic (exact) mass is 423 g/mol. The zero-order valence-electron chi connectivity index (χ0n) is 17.4. The summed E-state index contributed by atoms with van der Waals surface area (Å²) < 4.78 is 10.9. The summed E-state index contributed by atoms with van der Waals surface area (Å²) in [5.74, 6) is 1.41. The Morgan fingerprint density at radius 1 is 1.17 bits per heavy atom. The molecular formula is C23H25N3O3S. The normalized spacial score (nSPS) is 13.6. The summed E-state index contributed by atoms with van der Waals surface area (Å²) in [5, 5.41) is 5.56. The van der Waals surface area contributed by atoms with Crippen molar-refractivity contribution < 1.29 is 14.3 Å². The molecule has 2 heterocycles. The van der Waals surface area contributed by atoms with Crippen molar-refractivity contribution in [3.63, 3.8) is 0 Å². The summed E-state index contributed by atoms with van der Waals surface area (Å²) in [4.78, 5) is 19.5. The molecule has 4 rings (SSSR count). The zero-order valence-corrected chi connectivity index (χ0v) is 18.2. The molecule has 0 unspecified atom stereocenters. The van der Waals surface area contributed by atoms with E-state index in [1.54, 1.807) is 14.2 Å². The molecule has 0 atom stereocenters. The Morgan fingerprint density at radius 2 is 1.90 bits per heavy atom. The van der Waals surface area contributed by atoms with Gasteiger partial charge in [0, 0.05) is 30.6 Å². The van der Waals surface area contributed by atoms with Crippen molar-refractivity contribution >= 4 is 22.4 Å². The number of methoxy groups -OCH3 is 2. The molecular weight excluding hydrogens is 398 g/mol. The molecule has 0 fully saturated rings. The second-order valence-corrected chi connectivity index (χ2v) is 8.21. The topological polar surface area (TPSA) is 63.7 Å². The molecule has 156 valence electrons. The summed E-state index contributed by atoms with van der Waals surface area (Å²) >= 11 is 1.46. The number of aromatic nitrogens is 1. The number of benzene rings is 2. The van der Waals surface area contributed by atoms with Gasteiger partial charge in [0.05, 0.1) is 19.9 Å². The van der Waals surface area contributed by atoms with E-state index in [2.05, 4.69) is 27.3 Å². The molecule has 0 aliphatic carbocycles. The summed E-state index contributed by atoms with van der Waals surface area (Å²) in [6.07, 6.45) is 0.955. The Labute approximate surface area is 180 Å². The minimum atomic E-state index is -0.123. The summed E-state index contributed by atoms with van der Waals surface area (Å²) in [6.45, 7) is 4.45. The number of fused-ring (bicyclic) bond motifs is 1. The number of rotatable bonds is 6. The quantitative estimate of drug-likeness (QED) is 0.641. The fourth-order valence-corrected chi connectivity index (χ4v) is 4.43. The lowest BCUT2D eigenvalue weighted by Crippen LogP contribution is -2.30. The molecule has 7 heteroatoms. The maximum absolute atomic E-state index is 12.5. The van der Waals surface area contributed by atoms with Crippen molar-refractivity contribution in [3.8, 4) is 11.5 Å². The van der Waals surface area contributed by atoms with Crippen molar-refractivity contribution in [2.45, 2.75) is 26.4 Å². The maximum atomic E-state index is 12.5. The summed E-state index contributed by atoms with van der Waals surface area (Å²) in [5.41, 5.74) is 5.14. The molecule has 0 saturated carbocycles. The predicted molar refractivity (Wildman–Crippen MR) is 119 cm³/mol. The lowest BCUT2D eigenvalue weighted by atomic mass is 9.98. The van der Waals surface area contributed by atoms with E-state index in [4.69, 9.17) is 9.47 Å². The van der Waals surface area contributed by atoms with Gasteiger partial charge in [0.1, 0.15) is 0 Å². The highest BCUT2D eigenvalue weighted by Crippen LogP contribution is 2.33. The molecule has 1 N–H and O–H groups in total. The van der Waals surface area contributed by atoms with Crippen LogP contribution < -0.4 is 14.8 Å². The smallest absolute Gasteiger partial charge is 0.257 e. The Balaban J connectivity index is 1.41. The van der Waals surface area contributed by atoms with E-state index in [0.29, 0.717) is 10.7 Å². The summed E-state index contributed by atoms with van der Waals surface area (Å²) in [7, 11) is 3.32. The number of nitrogens with one attached hydrogen (secondary N) is 1. The molecule has 1 amide bonds. The van der Waals surface area contributed by atoms with E-state index in [-0.39, 0.29) is 5.91 Å². The predicted octanol–water partition coefficient (Wildman–Crippen LogP) is 4.28. The number of nitrogens with zero attached hydrogens (tertiary/aromatic N) is 2. The van der Waals surface area contributed by atoms with E-state index in [9.17, 15) is 4.79 Å². The number of carbonyl (C=O) groups is 1. The number of aryl methyl sites for hydroxylation is 1.